The molecule has 0 aliphatic carbocycles. The van der Waals surface area contributed by atoms with Gasteiger partial charge in [-0.2, -0.15) is 0 Å². The molecule has 2 rings (SSSR count). The first kappa shape index (κ1) is 11.7. The van der Waals surface area contributed by atoms with E-state index in [0.29, 0.717) is 13.1 Å². The van der Waals surface area contributed by atoms with Gasteiger partial charge in [-0.05, 0) is 23.8 Å². The van der Waals surface area contributed by atoms with E-state index in [0.717, 1.165) is 11.3 Å². The van der Waals surface area contributed by atoms with Crippen LogP contribution in [0.4, 0.5) is 0 Å². The minimum Gasteiger partial charge on any atom is -0.497 e. The third-order valence-corrected chi connectivity index (χ3v) is 2.71. The van der Waals surface area contributed by atoms with Gasteiger partial charge in [0, 0.05) is 19.2 Å². The van der Waals surface area contributed by atoms with Crippen molar-refractivity contribution in [3.8, 4) is 5.75 Å². The molecule has 1 aromatic rings. The van der Waals surface area contributed by atoms with Gasteiger partial charge in [-0.1, -0.05) is 12.1 Å². The van der Waals surface area contributed by atoms with Gasteiger partial charge in [-0.3, -0.25) is 4.79 Å². The fourth-order valence-corrected chi connectivity index (χ4v) is 1.62. The van der Waals surface area contributed by atoms with Crippen LogP contribution in [0.2, 0.25) is 0 Å². The number of rotatable bonds is 3. The first-order chi connectivity index (χ1) is 8.19. The molecule has 0 radical (unpaired) electrons. The van der Waals surface area contributed by atoms with E-state index in [9.17, 15) is 4.79 Å². The lowest BCUT2D eigenvalue weighted by molar-refractivity contribution is -0.135. The Morgan fingerprint density at radius 1 is 1.41 bits per heavy atom. The number of likely N-dealkylation sites (tertiary alicyclic amines) is 1. The van der Waals surface area contributed by atoms with Gasteiger partial charge in [0.2, 0.25) is 5.91 Å². The van der Waals surface area contributed by atoms with Gasteiger partial charge >= 0.3 is 0 Å². The molecule has 0 aromatic heterocycles. The molecule has 1 fully saturated rings. The number of β-amino-alcohol motifs (C(OH)–C–C–N with tert-alkyl or cyclic N) is 1. The third-order valence-electron chi connectivity index (χ3n) is 2.71. The molecule has 0 saturated carbocycles. The van der Waals surface area contributed by atoms with E-state index >= 15 is 0 Å². The molecule has 0 bridgehead atoms. The number of methoxy groups -OCH3 is 1. The molecule has 1 N–H and O–H groups in total. The van der Waals surface area contributed by atoms with E-state index in [4.69, 9.17) is 9.84 Å². The Labute approximate surface area is 100 Å². The molecule has 17 heavy (non-hydrogen) atoms. The summed E-state index contributed by atoms with van der Waals surface area (Å²) in [6.45, 7) is 0.873. The monoisotopic (exact) mass is 233 g/mol. The molecule has 1 aromatic carbocycles. The van der Waals surface area contributed by atoms with Gasteiger partial charge in [0.1, 0.15) is 5.75 Å². The van der Waals surface area contributed by atoms with E-state index in [1.165, 1.54) is 6.08 Å². The van der Waals surface area contributed by atoms with Crippen molar-refractivity contribution < 1.29 is 14.6 Å². The highest BCUT2D eigenvalue weighted by atomic mass is 16.5. The molecular formula is C13H15NO3. The van der Waals surface area contributed by atoms with Crippen LogP contribution >= 0.6 is 0 Å². The highest BCUT2D eigenvalue weighted by molar-refractivity contribution is 5.92. The first-order valence-electron chi connectivity index (χ1n) is 5.48. The Morgan fingerprint density at radius 2 is 2.06 bits per heavy atom. The number of hydrogen-bond acceptors (Lipinski definition) is 3. The lowest BCUT2D eigenvalue weighted by Gasteiger charge is -2.34. The van der Waals surface area contributed by atoms with Crippen molar-refractivity contribution in [1.82, 2.24) is 4.90 Å². The second kappa shape index (κ2) is 5.01. The van der Waals surface area contributed by atoms with Gasteiger partial charge in [0.15, 0.2) is 0 Å². The van der Waals surface area contributed by atoms with Gasteiger partial charge in [0.25, 0.3) is 0 Å². The van der Waals surface area contributed by atoms with Crippen LogP contribution in [0.15, 0.2) is 30.3 Å². The Hall–Kier alpha value is -1.81. The van der Waals surface area contributed by atoms with Crippen molar-refractivity contribution in [3.05, 3.63) is 35.9 Å². The van der Waals surface area contributed by atoms with E-state index in [1.807, 2.05) is 24.3 Å². The molecular weight excluding hydrogens is 218 g/mol. The van der Waals surface area contributed by atoms with Crippen molar-refractivity contribution in [2.24, 2.45) is 0 Å². The van der Waals surface area contributed by atoms with E-state index in [2.05, 4.69) is 0 Å². The number of aliphatic hydroxyl groups is 1. The number of ether oxygens (including phenoxy) is 1. The Bertz CT molecular complexity index is 419. The maximum absolute atomic E-state index is 11.6. The molecule has 0 atom stereocenters. The summed E-state index contributed by atoms with van der Waals surface area (Å²) in [5, 5.41) is 9.08. The van der Waals surface area contributed by atoms with Gasteiger partial charge in [-0.15, -0.1) is 0 Å². The minimum absolute atomic E-state index is 0.0638. The molecule has 1 saturated heterocycles. The van der Waals surface area contributed by atoms with Crippen LogP contribution in [0, 0.1) is 0 Å². The maximum Gasteiger partial charge on any atom is 0.246 e. The van der Waals surface area contributed by atoms with Crippen LogP contribution in [0.5, 0.6) is 5.75 Å². The van der Waals surface area contributed by atoms with Crippen molar-refractivity contribution >= 4 is 12.0 Å². The van der Waals surface area contributed by atoms with Crippen LogP contribution in [-0.2, 0) is 4.79 Å². The second-order valence-corrected chi connectivity index (χ2v) is 4.00. The van der Waals surface area contributed by atoms with Crippen molar-refractivity contribution in [1.29, 1.82) is 0 Å². The maximum atomic E-state index is 11.6. The van der Waals surface area contributed by atoms with E-state index in [1.54, 1.807) is 18.1 Å². The molecule has 1 aliphatic rings. The summed E-state index contributed by atoms with van der Waals surface area (Å²) in [7, 11) is 1.61. The predicted molar refractivity (Wildman–Crippen MR) is 64.6 cm³/mol. The Balaban J connectivity index is 1.93. The average molecular weight is 233 g/mol. The normalized spacial score (nSPS) is 16.0. The van der Waals surface area contributed by atoms with E-state index < -0.39 is 0 Å². The number of hydrogen-bond donors (Lipinski definition) is 1. The zero-order chi connectivity index (χ0) is 12.3. The fourth-order valence-electron chi connectivity index (χ4n) is 1.62. The smallest absolute Gasteiger partial charge is 0.246 e. The van der Waals surface area contributed by atoms with Crippen molar-refractivity contribution in [3.63, 3.8) is 0 Å². The molecule has 4 heteroatoms. The average Bonchev–Trinajstić information content (AvgIpc) is 2.32. The largest absolute Gasteiger partial charge is 0.497 e. The number of nitrogens with zero attached hydrogens (tertiary/aromatic N) is 1. The first-order valence-corrected chi connectivity index (χ1v) is 5.48. The fraction of sp³-hybridized carbons (Fsp3) is 0.308. The molecule has 4 nitrogen and oxygen atoms in total. The summed E-state index contributed by atoms with van der Waals surface area (Å²) < 4.78 is 5.04. The number of carbonyl (C=O) groups excluding carboxylic acids is 1. The highest BCUT2D eigenvalue weighted by Gasteiger charge is 2.26. The summed E-state index contributed by atoms with van der Waals surface area (Å²) in [6, 6.07) is 7.45. The second-order valence-electron chi connectivity index (χ2n) is 4.00. The number of amides is 1. The number of benzene rings is 1. The zero-order valence-electron chi connectivity index (χ0n) is 9.67. The molecule has 1 amide bonds. The molecule has 0 unspecified atom stereocenters. The minimum atomic E-state index is -0.353. The van der Waals surface area contributed by atoms with Crippen LogP contribution in [-0.4, -0.2) is 42.2 Å². The summed E-state index contributed by atoms with van der Waals surface area (Å²) in [5.41, 5.74) is 0.945. The molecule has 1 heterocycles. The lowest BCUT2D eigenvalue weighted by atomic mass is 10.1. The summed E-state index contributed by atoms with van der Waals surface area (Å²) in [6.07, 6.45) is 2.92. The number of carbonyl (C=O) groups is 1. The standard InChI is InChI=1S/C13H15NO3/c1-17-12-5-2-10(3-6-12)4-7-13(16)14-8-11(15)9-14/h2-7,11,15H,8-9H2,1H3/b7-4+. The molecule has 0 spiro atoms. The predicted octanol–water partition coefficient (Wildman–Crippen LogP) is 0.911. The topological polar surface area (TPSA) is 49.8 Å². The lowest BCUT2D eigenvalue weighted by Crippen LogP contribution is -2.52. The van der Waals surface area contributed by atoms with Gasteiger partial charge in [0.05, 0.1) is 13.2 Å². The number of aliphatic hydroxyl groups excluding tert-OH is 1. The molecule has 90 valence electrons. The molecule has 1 aliphatic heterocycles. The van der Waals surface area contributed by atoms with Crippen molar-refractivity contribution in [2.45, 2.75) is 6.10 Å². The van der Waals surface area contributed by atoms with Crippen LogP contribution in [0.25, 0.3) is 6.08 Å². The Morgan fingerprint density at radius 3 is 2.59 bits per heavy atom. The summed E-state index contributed by atoms with van der Waals surface area (Å²) in [4.78, 5) is 13.2. The van der Waals surface area contributed by atoms with E-state index in [-0.39, 0.29) is 12.0 Å². The summed E-state index contributed by atoms with van der Waals surface area (Å²) in [5.74, 6) is 0.727. The van der Waals surface area contributed by atoms with Crippen LogP contribution in [0.1, 0.15) is 5.56 Å². The van der Waals surface area contributed by atoms with Crippen molar-refractivity contribution in [2.75, 3.05) is 20.2 Å². The van der Waals surface area contributed by atoms with Crippen LogP contribution in [0.3, 0.4) is 0 Å². The Kier molecular flexibility index (Phi) is 3.44. The van der Waals surface area contributed by atoms with Gasteiger partial charge < -0.3 is 14.7 Å². The summed E-state index contributed by atoms with van der Waals surface area (Å²) >= 11 is 0. The zero-order valence-corrected chi connectivity index (χ0v) is 9.67. The third kappa shape index (κ3) is 2.85. The van der Waals surface area contributed by atoms with Gasteiger partial charge in [-0.25, -0.2) is 0 Å². The van der Waals surface area contributed by atoms with Crippen LogP contribution < -0.4 is 4.74 Å². The highest BCUT2D eigenvalue weighted by Crippen LogP contribution is 2.13. The quantitative estimate of drug-likeness (QED) is 0.789. The SMILES string of the molecule is COc1ccc(/C=C/C(=O)N2CC(O)C2)cc1.